The number of benzene rings is 1. The predicted molar refractivity (Wildman–Crippen MR) is 89.9 cm³/mol. The summed E-state index contributed by atoms with van der Waals surface area (Å²) in [5.41, 5.74) is 2.25. The average Bonchev–Trinajstić information content (AvgIpc) is 2.59. The van der Waals surface area contributed by atoms with Crippen molar-refractivity contribution in [2.24, 2.45) is 0 Å². The minimum atomic E-state index is -0.150. The number of hydrogen-bond acceptors (Lipinski definition) is 4. The molecule has 1 fully saturated rings. The van der Waals surface area contributed by atoms with E-state index in [1.54, 1.807) is 12.3 Å². The highest BCUT2D eigenvalue weighted by Gasteiger charge is 2.23. The molecular formula is C18H23FN4. The quantitative estimate of drug-likeness (QED) is 0.868. The number of hydrogen-bond donors (Lipinski definition) is 0. The minimum Gasteiger partial charge on any atom is -0.355 e. The van der Waals surface area contributed by atoms with Crippen molar-refractivity contribution >= 4 is 5.82 Å². The maximum Gasteiger partial charge on any atom is 0.151 e. The van der Waals surface area contributed by atoms with Crippen LogP contribution in [0.1, 0.15) is 24.0 Å². The highest BCUT2D eigenvalue weighted by Crippen LogP contribution is 2.22. The second kappa shape index (κ2) is 7.04. The van der Waals surface area contributed by atoms with E-state index in [4.69, 9.17) is 0 Å². The van der Waals surface area contributed by atoms with Crippen LogP contribution < -0.4 is 4.90 Å². The molecule has 0 saturated carbocycles. The van der Waals surface area contributed by atoms with Crippen molar-refractivity contribution in [2.45, 2.75) is 32.4 Å². The minimum absolute atomic E-state index is 0.150. The van der Waals surface area contributed by atoms with Crippen LogP contribution >= 0.6 is 0 Å². The number of rotatable bonds is 4. The van der Waals surface area contributed by atoms with E-state index in [-0.39, 0.29) is 5.82 Å². The lowest BCUT2D eigenvalue weighted by atomic mass is 10.0. The number of aryl methyl sites for hydroxylation is 1. The SMILES string of the molecule is Cc1ccc(F)cc1CN1CCC(N(C)c2cccnn2)CC1. The van der Waals surface area contributed by atoms with Crippen LogP contribution in [0.5, 0.6) is 0 Å². The van der Waals surface area contributed by atoms with Gasteiger partial charge in [-0.2, -0.15) is 5.10 Å². The average molecular weight is 314 g/mol. The standard InChI is InChI=1S/C18H23FN4/c1-14-5-6-16(19)12-15(14)13-23-10-7-17(8-11-23)22(2)18-4-3-9-20-21-18/h3-6,9,12,17H,7-8,10-11,13H2,1-2H3. The molecule has 0 atom stereocenters. The second-order valence-electron chi connectivity index (χ2n) is 6.27. The number of nitrogens with zero attached hydrogens (tertiary/aromatic N) is 4. The Morgan fingerprint density at radius 3 is 2.74 bits per heavy atom. The van der Waals surface area contributed by atoms with Gasteiger partial charge in [0.1, 0.15) is 5.82 Å². The fourth-order valence-electron chi connectivity index (χ4n) is 3.18. The van der Waals surface area contributed by atoms with Gasteiger partial charge < -0.3 is 4.90 Å². The van der Waals surface area contributed by atoms with Gasteiger partial charge in [0.15, 0.2) is 5.82 Å². The second-order valence-corrected chi connectivity index (χ2v) is 6.27. The Hall–Kier alpha value is -2.01. The summed E-state index contributed by atoms with van der Waals surface area (Å²) < 4.78 is 13.4. The van der Waals surface area contributed by atoms with Gasteiger partial charge in [0, 0.05) is 38.9 Å². The van der Waals surface area contributed by atoms with Gasteiger partial charge >= 0.3 is 0 Å². The lowest BCUT2D eigenvalue weighted by Crippen LogP contribution is -2.43. The number of halogens is 1. The summed E-state index contributed by atoms with van der Waals surface area (Å²) >= 11 is 0. The summed E-state index contributed by atoms with van der Waals surface area (Å²) in [6.07, 6.45) is 3.87. The van der Waals surface area contributed by atoms with E-state index in [0.29, 0.717) is 6.04 Å². The van der Waals surface area contributed by atoms with Gasteiger partial charge in [0.25, 0.3) is 0 Å². The summed E-state index contributed by atoms with van der Waals surface area (Å²) in [5, 5.41) is 8.13. The van der Waals surface area contributed by atoms with E-state index < -0.39 is 0 Å². The molecule has 0 radical (unpaired) electrons. The van der Waals surface area contributed by atoms with Crippen molar-refractivity contribution in [2.75, 3.05) is 25.0 Å². The van der Waals surface area contributed by atoms with Gasteiger partial charge in [-0.3, -0.25) is 4.90 Å². The Morgan fingerprint density at radius 1 is 1.26 bits per heavy atom. The zero-order valence-electron chi connectivity index (χ0n) is 13.7. The van der Waals surface area contributed by atoms with Crippen LogP contribution in [0.3, 0.4) is 0 Å². The van der Waals surface area contributed by atoms with Crippen LogP contribution in [0.2, 0.25) is 0 Å². The van der Waals surface area contributed by atoms with Crippen molar-refractivity contribution < 1.29 is 4.39 Å². The molecule has 1 aromatic heterocycles. The van der Waals surface area contributed by atoms with Crippen molar-refractivity contribution in [3.8, 4) is 0 Å². The van der Waals surface area contributed by atoms with Gasteiger partial charge in [-0.15, -0.1) is 5.10 Å². The fraction of sp³-hybridized carbons (Fsp3) is 0.444. The Morgan fingerprint density at radius 2 is 2.04 bits per heavy atom. The Kier molecular flexibility index (Phi) is 4.86. The monoisotopic (exact) mass is 314 g/mol. The maximum absolute atomic E-state index is 13.4. The molecule has 0 N–H and O–H groups in total. The van der Waals surface area contributed by atoms with E-state index in [9.17, 15) is 4.39 Å². The molecule has 2 aromatic rings. The molecule has 3 rings (SSSR count). The number of anilines is 1. The zero-order chi connectivity index (χ0) is 16.2. The number of aromatic nitrogens is 2. The largest absolute Gasteiger partial charge is 0.355 e. The molecule has 0 bridgehead atoms. The molecule has 0 amide bonds. The molecule has 1 aromatic carbocycles. The molecule has 5 heteroatoms. The third-order valence-electron chi connectivity index (χ3n) is 4.73. The molecular weight excluding hydrogens is 291 g/mol. The first-order valence-electron chi connectivity index (χ1n) is 8.11. The highest BCUT2D eigenvalue weighted by molar-refractivity contribution is 5.36. The smallest absolute Gasteiger partial charge is 0.151 e. The van der Waals surface area contributed by atoms with E-state index >= 15 is 0 Å². The van der Waals surface area contributed by atoms with Gasteiger partial charge in [0.05, 0.1) is 0 Å². The van der Waals surface area contributed by atoms with Gasteiger partial charge in [-0.1, -0.05) is 6.07 Å². The van der Waals surface area contributed by atoms with Gasteiger partial charge in [-0.25, -0.2) is 4.39 Å². The Labute approximate surface area is 136 Å². The molecule has 23 heavy (non-hydrogen) atoms. The third kappa shape index (κ3) is 3.85. The van der Waals surface area contributed by atoms with Crippen molar-refractivity contribution in [1.29, 1.82) is 0 Å². The van der Waals surface area contributed by atoms with Crippen LogP contribution in [-0.2, 0) is 6.54 Å². The van der Waals surface area contributed by atoms with E-state index in [1.807, 2.05) is 25.1 Å². The summed E-state index contributed by atoms with van der Waals surface area (Å²) in [6.45, 7) is 4.91. The normalized spacial score (nSPS) is 16.5. The summed E-state index contributed by atoms with van der Waals surface area (Å²) in [6, 6.07) is 9.44. The van der Waals surface area contributed by atoms with Gasteiger partial charge in [-0.05, 0) is 55.2 Å². The first-order valence-corrected chi connectivity index (χ1v) is 8.11. The van der Waals surface area contributed by atoms with Crippen molar-refractivity contribution in [3.63, 3.8) is 0 Å². The Balaban J connectivity index is 1.57. The molecule has 0 spiro atoms. The third-order valence-corrected chi connectivity index (χ3v) is 4.73. The van der Waals surface area contributed by atoms with E-state index in [2.05, 4.69) is 27.0 Å². The van der Waals surface area contributed by atoms with Crippen molar-refractivity contribution in [3.05, 3.63) is 53.5 Å². The van der Waals surface area contributed by atoms with Crippen LogP contribution in [0.25, 0.3) is 0 Å². The van der Waals surface area contributed by atoms with Crippen LogP contribution in [0, 0.1) is 12.7 Å². The van der Waals surface area contributed by atoms with Crippen LogP contribution in [0.15, 0.2) is 36.5 Å². The van der Waals surface area contributed by atoms with Gasteiger partial charge in [0.2, 0.25) is 0 Å². The Bertz CT molecular complexity index is 639. The lowest BCUT2D eigenvalue weighted by molar-refractivity contribution is 0.202. The lowest BCUT2D eigenvalue weighted by Gasteiger charge is -2.37. The first-order chi connectivity index (χ1) is 11.1. The predicted octanol–water partition coefficient (Wildman–Crippen LogP) is 3.02. The topological polar surface area (TPSA) is 32.3 Å². The number of likely N-dealkylation sites (tertiary alicyclic amines) is 1. The summed E-state index contributed by atoms with van der Waals surface area (Å²) in [4.78, 5) is 4.63. The molecule has 2 heterocycles. The fourth-order valence-corrected chi connectivity index (χ4v) is 3.18. The van der Waals surface area contributed by atoms with E-state index in [1.165, 1.54) is 6.07 Å². The van der Waals surface area contributed by atoms with E-state index in [0.717, 1.165) is 49.4 Å². The number of piperidine rings is 1. The highest BCUT2D eigenvalue weighted by atomic mass is 19.1. The maximum atomic E-state index is 13.4. The molecule has 1 aliphatic heterocycles. The molecule has 1 aliphatic rings. The molecule has 4 nitrogen and oxygen atoms in total. The summed E-state index contributed by atoms with van der Waals surface area (Å²) in [7, 11) is 2.08. The zero-order valence-corrected chi connectivity index (χ0v) is 13.7. The van der Waals surface area contributed by atoms with Crippen molar-refractivity contribution in [1.82, 2.24) is 15.1 Å². The summed E-state index contributed by atoms with van der Waals surface area (Å²) in [5.74, 6) is 0.773. The molecule has 1 saturated heterocycles. The molecule has 0 aliphatic carbocycles. The van der Waals surface area contributed by atoms with Crippen LogP contribution in [0.4, 0.5) is 10.2 Å². The molecule has 122 valence electrons. The first kappa shape index (κ1) is 15.9. The van der Waals surface area contributed by atoms with Crippen LogP contribution in [-0.4, -0.2) is 41.3 Å². The molecule has 0 unspecified atom stereocenters.